The lowest BCUT2D eigenvalue weighted by atomic mass is 9.46. The van der Waals surface area contributed by atoms with Gasteiger partial charge in [-0.3, -0.25) is 4.79 Å². The van der Waals surface area contributed by atoms with Crippen molar-refractivity contribution in [2.75, 3.05) is 13.1 Å². The molecule has 2 aromatic carbocycles. The van der Waals surface area contributed by atoms with Crippen molar-refractivity contribution in [3.8, 4) is 0 Å². The number of allylic oxidation sites excluding steroid dienone is 1. The third-order valence-corrected chi connectivity index (χ3v) is 13.2. The Morgan fingerprint density at radius 2 is 1.38 bits per heavy atom. The largest absolute Gasteiger partial charge is 0.455 e. The number of ketones is 1. The SMILES string of the molecule is CC1(OC(=O)c2ccccc2C(=O)OC2(c3ccccc3)CCNCC2)CC[C@H]2C3CCC4=CC(=O)CC[C@]4(C)[C@H]3CC[C@@]21C. The van der Waals surface area contributed by atoms with E-state index in [1.54, 1.807) is 24.3 Å². The van der Waals surface area contributed by atoms with Gasteiger partial charge in [0, 0.05) is 24.7 Å². The average Bonchev–Trinajstić information content (AvgIpc) is 3.32. The summed E-state index contributed by atoms with van der Waals surface area (Å²) >= 11 is 0. The lowest BCUT2D eigenvalue weighted by Crippen LogP contribution is -2.55. The van der Waals surface area contributed by atoms with Crippen LogP contribution in [-0.2, 0) is 19.9 Å². The maximum atomic E-state index is 14.1. The highest BCUT2D eigenvalue weighted by molar-refractivity contribution is 6.03. The second kappa shape index (κ2) is 11.2. The summed E-state index contributed by atoms with van der Waals surface area (Å²) in [6, 6.07) is 16.9. The molecule has 6 heteroatoms. The van der Waals surface area contributed by atoms with Gasteiger partial charge in [0.25, 0.3) is 0 Å². The first-order valence-electron chi connectivity index (χ1n) is 17.1. The molecule has 7 rings (SSSR count). The Bertz CT molecular complexity index is 1520. The number of rotatable bonds is 5. The molecule has 45 heavy (non-hydrogen) atoms. The summed E-state index contributed by atoms with van der Waals surface area (Å²) in [6.45, 7) is 8.37. The fourth-order valence-corrected chi connectivity index (χ4v) is 10.3. The first-order chi connectivity index (χ1) is 21.6. The molecule has 0 spiro atoms. The van der Waals surface area contributed by atoms with Crippen LogP contribution in [0.1, 0.15) is 111 Å². The Labute approximate surface area is 267 Å². The smallest absolute Gasteiger partial charge is 0.339 e. The van der Waals surface area contributed by atoms with E-state index < -0.39 is 23.1 Å². The van der Waals surface area contributed by atoms with E-state index in [9.17, 15) is 14.4 Å². The van der Waals surface area contributed by atoms with Crippen molar-refractivity contribution in [2.24, 2.45) is 28.6 Å². The van der Waals surface area contributed by atoms with Crippen LogP contribution in [0.25, 0.3) is 0 Å². The monoisotopic (exact) mass is 609 g/mol. The van der Waals surface area contributed by atoms with Crippen LogP contribution in [0.2, 0.25) is 0 Å². The molecule has 4 aliphatic carbocycles. The molecule has 2 aromatic rings. The summed E-state index contributed by atoms with van der Waals surface area (Å²) in [5, 5.41) is 3.38. The van der Waals surface area contributed by atoms with Crippen LogP contribution < -0.4 is 5.32 Å². The van der Waals surface area contributed by atoms with Crippen LogP contribution >= 0.6 is 0 Å². The molecule has 0 amide bonds. The van der Waals surface area contributed by atoms with E-state index in [1.807, 2.05) is 36.4 Å². The third kappa shape index (κ3) is 4.90. The van der Waals surface area contributed by atoms with Gasteiger partial charge in [-0.2, -0.15) is 0 Å². The highest BCUT2D eigenvalue weighted by Gasteiger charge is 2.64. The zero-order valence-electron chi connectivity index (χ0n) is 27.0. The van der Waals surface area contributed by atoms with Crippen molar-refractivity contribution >= 4 is 17.7 Å². The van der Waals surface area contributed by atoms with E-state index >= 15 is 0 Å². The van der Waals surface area contributed by atoms with Gasteiger partial charge in [0.1, 0.15) is 11.2 Å². The fraction of sp³-hybridized carbons (Fsp3) is 0.564. The summed E-state index contributed by atoms with van der Waals surface area (Å²) in [5.74, 6) is 0.970. The second-order valence-corrected chi connectivity index (χ2v) is 15.1. The summed E-state index contributed by atoms with van der Waals surface area (Å²) in [5.41, 5.74) is 1.48. The van der Waals surface area contributed by atoms with Gasteiger partial charge in [-0.15, -0.1) is 0 Å². The Hall–Kier alpha value is -3.25. The number of benzene rings is 2. The number of hydrogen-bond acceptors (Lipinski definition) is 6. The van der Waals surface area contributed by atoms with E-state index in [4.69, 9.17) is 9.47 Å². The normalized spacial score (nSPS) is 35.3. The van der Waals surface area contributed by atoms with E-state index in [2.05, 4.69) is 26.1 Å². The number of ether oxygens (including phenoxy) is 2. The van der Waals surface area contributed by atoms with E-state index in [0.717, 1.165) is 63.6 Å². The standard InChI is InChI=1S/C39H47NO5/c1-36-18-15-28(41)25-27(36)13-14-31-32(36)16-19-37(2)33(31)17-20-38(37,3)44-34(42)29-11-7-8-12-30(29)35(43)45-39(21-23-40-24-22-39)26-9-5-4-6-10-26/h4-12,25,31-33,40H,13-24H2,1-3H3/t31?,32-,33-,36-,37-,38?/m0/s1. The molecule has 5 aliphatic rings. The number of nitrogens with one attached hydrogen (secondary N) is 1. The Kier molecular flexibility index (Phi) is 7.58. The highest BCUT2D eigenvalue weighted by Crippen LogP contribution is 2.68. The molecule has 0 radical (unpaired) electrons. The average molecular weight is 610 g/mol. The molecule has 238 valence electrons. The lowest BCUT2D eigenvalue weighted by Gasteiger charge is -2.59. The van der Waals surface area contributed by atoms with Crippen molar-refractivity contribution in [1.82, 2.24) is 5.32 Å². The Morgan fingerprint density at radius 3 is 2.09 bits per heavy atom. The van der Waals surface area contributed by atoms with E-state index in [0.29, 0.717) is 37.0 Å². The van der Waals surface area contributed by atoms with Crippen LogP contribution in [-0.4, -0.2) is 36.4 Å². The molecule has 4 fully saturated rings. The third-order valence-electron chi connectivity index (χ3n) is 13.2. The van der Waals surface area contributed by atoms with Gasteiger partial charge in [-0.1, -0.05) is 61.9 Å². The topological polar surface area (TPSA) is 81.7 Å². The van der Waals surface area contributed by atoms with Gasteiger partial charge in [-0.05, 0) is 112 Å². The maximum absolute atomic E-state index is 14.1. The Morgan fingerprint density at radius 1 is 0.733 bits per heavy atom. The first kappa shape index (κ1) is 30.4. The minimum atomic E-state index is -0.741. The number of carbonyl (C=O) groups is 3. The molecule has 1 heterocycles. The highest BCUT2D eigenvalue weighted by atomic mass is 16.6. The maximum Gasteiger partial charge on any atom is 0.339 e. The number of esters is 2. The Balaban J connectivity index is 1.12. The molecule has 0 aromatic heterocycles. The van der Waals surface area contributed by atoms with E-state index in [-0.39, 0.29) is 27.7 Å². The number of piperidine rings is 1. The van der Waals surface area contributed by atoms with E-state index in [1.165, 1.54) is 5.57 Å². The van der Waals surface area contributed by atoms with Crippen LogP contribution in [0, 0.1) is 28.6 Å². The van der Waals surface area contributed by atoms with Gasteiger partial charge in [0.15, 0.2) is 5.78 Å². The minimum absolute atomic E-state index is 0.110. The number of hydrogen-bond donors (Lipinski definition) is 1. The molecule has 6 atom stereocenters. The van der Waals surface area contributed by atoms with Gasteiger partial charge in [0.2, 0.25) is 0 Å². The van der Waals surface area contributed by atoms with Gasteiger partial charge >= 0.3 is 11.9 Å². The molecule has 0 bridgehead atoms. The molecule has 3 saturated carbocycles. The first-order valence-corrected chi connectivity index (χ1v) is 17.1. The van der Waals surface area contributed by atoms with Crippen molar-refractivity contribution in [3.63, 3.8) is 0 Å². The lowest BCUT2D eigenvalue weighted by molar-refractivity contribution is -0.127. The zero-order valence-corrected chi connectivity index (χ0v) is 27.0. The molecular weight excluding hydrogens is 562 g/mol. The van der Waals surface area contributed by atoms with Gasteiger partial charge in [-0.25, -0.2) is 9.59 Å². The van der Waals surface area contributed by atoms with Gasteiger partial charge < -0.3 is 14.8 Å². The van der Waals surface area contributed by atoms with Crippen LogP contribution in [0.5, 0.6) is 0 Å². The summed E-state index contributed by atoms with van der Waals surface area (Å²) in [4.78, 5) is 40.2. The predicted molar refractivity (Wildman–Crippen MR) is 173 cm³/mol. The number of carbonyl (C=O) groups excluding carboxylic acids is 3. The van der Waals surface area contributed by atoms with Crippen LogP contribution in [0.15, 0.2) is 66.2 Å². The molecular formula is C39H47NO5. The molecule has 2 unspecified atom stereocenters. The minimum Gasteiger partial charge on any atom is -0.455 e. The quantitative estimate of drug-likeness (QED) is 0.352. The molecule has 1 N–H and O–H groups in total. The fourth-order valence-electron chi connectivity index (χ4n) is 10.3. The predicted octanol–water partition coefficient (Wildman–Crippen LogP) is 7.57. The van der Waals surface area contributed by atoms with Crippen LogP contribution in [0.3, 0.4) is 0 Å². The van der Waals surface area contributed by atoms with Crippen molar-refractivity contribution in [3.05, 3.63) is 82.9 Å². The van der Waals surface area contributed by atoms with Crippen molar-refractivity contribution in [2.45, 2.75) is 96.2 Å². The zero-order chi connectivity index (χ0) is 31.5. The number of fused-ring (bicyclic) bond motifs is 5. The van der Waals surface area contributed by atoms with Gasteiger partial charge in [0.05, 0.1) is 11.1 Å². The molecule has 6 nitrogen and oxygen atoms in total. The van der Waals surface area contributed by atoms with Crippen molar-refractivity contribution < 1.29 is 23.9 Å². The summed E-state index contributed by atoms with van der Waals surface area (Å²) in [7, 11) is 0. The second-order valence-electron chi connectivity index (χ2n) is 15.1. The molecule has 1 aliphatic heterocycles. The van der Waals surface area contributed by atoms with Crippen molar-refractivity contribution in [1.29, 1.82) is 0 Å². The summed E-state index contributed by atoms with van der Waals surface area (Å²) in [6.07, 6.45) is 11.0. The van der Waals surface area contributed by atoms with Crippen LogP contribution in [0.4, 0.5) is 0 Å². The summed E-state index contributed by atoms with van der Waals surface area (Å²) < 4.78 is 12.9. The molecule has 1 saturated heterocycles.